The van der Waals surface area contributed by atoms with E-state index >= 15 is 0 Å². The number of thioether (sulfide) groups is 1. The van der Waals surface area contributed by atoms with Gasteiger partial charge in [0.05, 0.1) is 7.11 Å². The van der Waals surface area contributed by atoms with Crippen LogP contribution in [0.2, 0.25) is 0 Å². The zero-order valence-corrected chi connectivity index (χ0v) is 11.3. The van der Waals surface area contributed by atoms with Crippen molar-refractivity contribution in [3.05, 3.63) is 35.5 Å². The maximum atomic E-state index is 11.7. The van der Waals surface area contributed by atoms with Gasteiger partial charge in [0.1, 0.15) is 11.4 Å². The lowest BCUT2D eigenvalue weighted by atomic mass is 10.2. The third-order valence-electron chi connectivity index (χ3n) is 2.67. The van der Waals surface area contributed by atoms with Crippen LogP contribution in [0.15, 0.2) is 35.0 Å². The highest BCUT2D eigenvalue weighted by Gasteiger charge is 2.25. The first-order valence-electron chi connectivity index (χ1n) is 5.42. The minimum atomic E-state index is -0.197. The Hall–Kier alpha value is -1.75. The first-order valence-corrected chi connectivity index (χ1v) is 6.64. The monoisotopic (exact) mass is 262 g/mol. The van der Waals surface area contributed by atoms with Crippen molar-refractivity contribution in [2.75, 3.05) is 20.4 Å². The largest absolute Gasteiger partial charge is 0.497 e. The Balaban J connectivity index is 2.26. The van der Waals surface area contributed by atoms with E-state index < -0.39 is 0 Å². The minimum Gasteiger partial charge on any atom is -0.497 e. The fraction of sp³-hybridized carbons (Fsp3) is 0.231. The molecule has 0 N–H and O–H groups in total. The number of likely N-dealkylation sites (N-methyl/N-ethyl adjacent to an activating group) is 1. The highest BCUT2D eigenvalue weighted by molar-refractivity contribution is 8.13. The van der Waals surface area contributed by atoms with Crippen LogP contribution in [0.3, 0.4) is 0 Å². The molecule has 0 aliphatic carbocycles. The maximum Gasteiger partial charge on any atom is 0.296 e. The van der Waals surface area contributed by atoms with Crippen LogP contribution >= 0.6 is 11.8 Å². The predicted molar refractivity (Wildman–Crippen MR) is 74.7 cm³/mol. The van der Waals surface area contributed by atoms with Crippen molar-refractivity contribution in [1.29, 1.82) is 0 Å². The number of benzene rings is 1. The number of ether oxygens (including phenoxy) is 1. The number of hydrogen-bond acceptors (Lipinski definition) is 4. The van der Waals surface area contributed by atoms with E-state index in [9.17, 15) is 4.79 Å². The van der Waals surface area contributed by atoms with Crippen LogP contribution in [0.4, 0.5) is 0 Å². The number of aliphatic imine (C=N–C) groups is 1. The first kappa shape index (κ1) is 12.7. The van der Waals surface area contributed by atoms with E-state index in [2.05, 4.69) is 4.99 Å². The lowest BCUT2D eigenvalue weighted by molar-refractivity contribution is -0.114. The second-order valence-corrected chi connectivity index (χ2v) is 4.54. The molecular formula is C13H14N2O2S. The van der Waals surface area contributed by atoms with Crippen LogP contribution in [-0.4, -0.2) is 36.4 Å². The number of carbonyl (C=O) groups excluding carboxylic acids is 1. The van der Waals surface area contributed by atoms with Gasteiger partial charge >= 0.3 is 0 Å². The van der Waals surface area contributed by atoms with Crippen molar-refractivity contribution < 1.29 is 9.53 Å². The highest BCUT2D eigenvalue weighted by atomic mass is 32.2. The molecule has 1 amide bonds. The molecule has 1 aromatic rings. The topological polar surface area (TPSA) is 41.9 Å². The minimum absolute atomic E-state index is 0.197. The molecule has 1 aliphatic rings. The predicted octanol–water partition coefficient (Wildman–Crippen LogP) is 2.23. The number of hydrogen-bond donors (Lipinski definition) is 0. The SMILES string of the molecule is COc1ccc(/C=C2/C(=O)N=C(SC)N2C)cc1. The van der Waals surface area contributed by atoms with E-state index in [0.717, 1.165) is 16.5 Å². The summed E-state index contributed by atoms with van der Waals surface area (Å²) in [5, 5.41) is 0.722. The molecule has 0 fully saturated rings. The molecule has 4 nitrogen and oxygen atoms in total. The lowest BCUT2D eigenvalue weighted by Gasteiger charge is -2.12. The summed E-state index contributed by atoms with van der Waals surface area (Å²) in [6, 6.07) is 7.54. The van der Waals surface area contributed by atoms with E-state index in [4.69, 9.17) is 4.74 Å². The number of rotatable bonds is 2. The van der Waals surface area contributed by atoms with Crippen LogP contribution in [0.5, 0.6) is 5.75 Å². The molecule has 1 heterocycles. The Morgan fingerprint density at radius 3 is 2.50 bits per heavy atom. The van der Waals surface area contributed by atoms with Crippen LogP contribution < -0.4 is 4.74 Å². The quantitative estimate of drug-likeness (QED) is 0.766. The van der Waals surface area contributed by atoms with E-state index in [-0.39, 0.29) is 5.91 Å². The Labute approximate surface area is 110 Å². The second-order valence-electron chi connectivity index (χ2n) is 3.77. The molecule has 1 aromatic carbocycles. The molecule has 18 heavy (non-hydrogen) atoms. The van der Waals surface area contributed by atoms with Crippen LogP contribution in [0, 0.1) is 0 Å². The molecule has 0 atom stereocenters. The summed E-state index contributed by atoms with van der Waals surface area (Å²) in [6.45, 7) is 0. The van der Waals surface area contributed by atoms with E-state index in [1.165, 1.54) is 11.8 Å². The molecule has 0 saturated heterocycles. The fourth-order valence-electron chi connectivity index (χ4n) is 1.66. The summed E-state index contributed by atoms with van der Waals surface area (Å²) in [5.74, 6) is 0.599. The lowest BCUT2D eigenvalue weighted by Crippen LogP contribution is -2.18. The van der Waals surface area contributed by atoms with Crippen molar-refractivity contribution in [2.45, 2.75) is 0 Å². The van der Waals surface area contributed by atoms with Crippen molar-refractivity contribution in [3.63, 3.8) is 0 Å². The van der Waals surface area contributed by atoms with Crippen molar-refractivity contribution in [3.8, 4) is 5.75 Å². The average molecular weight is 262 g/mol. The molecule has 2 rings (SSSR count). The molecule has 0 saturated carbocycles. The van der Waals surface area contributed by atoms with Gasteiger partial charge in [-0.15, -0.1) is 0 Å². The molecule has 0 unspecified atom stereocenters. The molecular weight excluding hydrogens is 248 g/mol. The van der Waals surface area contributed by atoms with Gasteiger partial charge in [-0.2, -0.15) is 4.99 Å². The molecule has 0 bridgehead atoms. The van der Waals surface area contributed by atoms with Gasteiger partial charge in [0.2, 0.25) is 0 Å². The second kappa shape index (κ2) is 5.27. The third kappa shape index (κ3) is 2.41. The maximum absolute atomic E-state index is 11.7. The van der Waals surface area contributed by atoms with E-state index in [1.54, 1.807) is 12.0 Å². The standard InChI is InChI=1S/C13H14N2O2S/c1-15-11(12(16)14-13(15)18-3)8-9-4-6-10(17-2)7-5-9/h4-8H,1-3H3/b11-8-. The van der Waals surface area contributed by atoms with E-state index in [1.807, 2.05) is 43.6 Å². The van der Waals surface area contributed by atoms with E-state index in [0.29, 0.717) is 5.70 Å². The average Bonchev–Trinajstić information content (AvgIpc) is 2.67. The summed E-state index contributed by atoms with van der Waals surface area (Å²) in [5.41, 5.74) is 1.54. The van der Waals surface area contributed by atoms with Gasteiger partial charge in [0.25, 0.3) is 5.91 Å². The third-order valence-corrected chi connectivity index (χ3v) is 3.40. The first-order chi connectivity index (χ1) is 8.65. The Bertz CT molecular complexity index is 520. The summed E-state index contributed by atoms with van der Waals surface area (Å²) in [7, 11) is 3.47. The molecule has 94 valence electrons. The molecule has 0 radical (unpaired) electrons. The number of methoxy groups -OCH3 is 1. The molecule has 0 aromatic heterocycles. The Morgan fingerprint density at radius 2 is 2.00 bits per heavy atom. The van der Waals surface area contributed by atoms with Gasteiger partial charge in [0, 0.05) is 7.05 Å². The fourth-order valence-corrected chi connectivity index (χ4v) is 2.21. The van der Waals surface area contributed by atoms with Crippen molar-refractivity contribution >= 4 is 28.9 Å². The van der Waals surface area contributed by atoms with Gasteiger partial charge in [-0.3, -0.25) is 4.79 Å². The Morgan fingerprint density at radius 1 is 1.33 bits per heavy atom. The summed E-state index contributed by atoms with van der Waals surface area (Å²) in [6.07, 6.45) is 3.73. The van der Waals surface area contributed by atoms with Gasteiger partial charge in [-0.25, -0.2) is 0 Å². The van der Waals surface area contributed by atoms with Gasteiger partial charge in [0.15, 0.2) is 5.17 Å². The molecule has 5 heteroatoms. The molecule has 0 spiro atoms. The summed E-state index contributed by atoms with van der Waals surface area (Å²) < 4.78 is 5.09. The van der Waals surface area contributed by atoms with Gasteiger partial charge in [-0.05, 0) is 30.0 Å². The number of amides is 1. The summed E-state index contributed by atoms with van der Waals surface area (Å²) >= 11 is 1.46. The normalized spacial score (nSPS) is 17.3. The van der Waals surface area contributed by atoms with Gasteiger partial charge in [-0.1, -0.05) is 23.9 Å². The molecule has 1 aliphatic heterocycles. The number of carbonyl (C=O) groups is 1. The van der Waals surface area contributed by atoms with Crippen molar-refractivity contribution in [2.24, 2.45) is 4.99 Å². The highest BCUT2D eigenvalue weighted by Crippen LogP contribution is 2.22. The zero-order chi connectivity index (χ0) is 13.1. The van der Waals surface area contributed by atoms with Crippen LogP contribution in [-0.2, 0) is 4.79 Å². The Kier molecular flexibility index (Phi) is 3.72. The number of nitrogens with zero attached hydrogens (tertiary/aromatic N) is 2. The van der Waals surface area contributed by atoms with Gasteiger partial charge < -0.3 is 9.64 Å². The summed E-state index contributed by atoms with van der Waals surface area (Å²) in [4.78, 5) is 17.5. The van der Waals surface area contributed by atoms with Crippen molar-refractivity contribution in [1.82, 2.24) is 4.90 Å². The smallest absolute Gasteiger partial charge is 0.296 e. The van der Waals surface area contributed by atoms with Crippen LogP contribution in [0.25, 0.3) is 6.08 Å². The van der Waals surface area contributed by atoms with Crippen LogP contribution in [0.1, 0.15) is 5.56 Å². The zero-order valence-electron chi connectivity index (χ0n) is 10.5. The number of amidine groups is 1.